The van der Waals surface area contributed by atoms with Crippen LogP contribution in [0.15, 0.2) is 41.5 Å². The Morgan fingerprint density at radius 1 is 0.967 bits per heavy atom. The summed E-state index contributed by atoms with van der Waals surface area (Å²) in [7, 11) is 0. The molecule has 2 fully saturated rings. The van der Waals surface area contributed by atoms with Crippen molar-refractivity contribution in [3.63, 3.8) is 0 Å². The predicted molar refractivity (Wildman–Crippen MR) is 117 cm³/mol. The van der Waals surface area contributed by atoms with Gasteiger partial charge < -0.3 is 4.57 Å². The number of nitrogens with zero attached hydrogens (tertiary/aromatic N) is 3. The van der Waals surface area contributed by atoms with E-state index >= 15 is 0 Å². The van der Waals surface area contributed by atoms with Gasteiger partial charge in [0.2, 0.25) is 0 Å². The summed E-state index contributed by atoms with van der Waals surface area (Å²) in [6.45, 7) is 3.95. The fraction of sp³-hybridized carbons (Fsp3) is 0.348. The quantitative estimate of drug-likeness (QED) is 0.385. The minimum Gasteiger partial charge on any atom is -0.318 e. The summed E-state index contributed by atoms with van der Waals surface area (Å²) >= 11 is 12.2. The van der Waals surface area contributed by atoms with Gasteiger partial charge in [-0.1, -0.05) is 35.4 Å². The van der Waals surface area contributed by atoms with Crippen LogP contribution in [0.3, 0.4) is 0 Å². The molecule has 4 aliphatic rings. The number of rotatable bonds is 3. The molecule has 1 saturated carbocycles. The van der Waals surface area contributed by atoms with Crippen LogP contribution in [0.5, 0.6) is 0 Å². The van der Waals surface area contributed by atoms with Crippen molar-refractivity contribution in [3.8, 4) is 5.69 Å². The van der Waals surface area contributed by atoms with Gasteiger partial charge in [0.15, 0.2) is 0 Å². The lowest BCUT2D eigenvalue weighted by Crippen LogP contribution is -2.38. The molecule has 0 N–H and O–H groups in total. The first-order chi connectivity index (χ1) is 14.4. The molecule has 1 aromatic heterocycles. The average Bonchev–Trinajstić information content (AvgIpc) is 3.17. The van der Waals surface area contributed by atoms with E-state index in [1.807, 2.05) is 36.6 Å². The number of allylic oxidation sites excluding steroid dienone is 2. The summed E-state index contributed by atoms with van der Waals surface area (Å²) in [5.41, 5.74) is 3.66. The monoisotopic (exact) mass is 441 g/mol. The van der Waals surface area contributed by atoms with Crippen molar-refractivity contribution in [2.45, 2.75) is 26.7 Å². The summed E-state index contributed by atoms with van der Waals surface area (Å²) < 4.78 is 2.04. The molecule has 2 aromatic rings. The van der Waals surface area contributed by atoms with Crippen molar-refractivity contribution >= 4 is 41.2 Å². The van der Waals surface area contributed by atoms with Crippen LogP contribution in [0.25, 0.3) is 5.69 Å². The van der Waals surface area contributed by atoms with Crippen LogP contribution < -0.4 is 0 Å². The minimum absolute atomic E-state index is 0.163. The Morgan fingerprint density at radius 2 is 1.60 bits per heavy atom. The van der Waals surface area contributed by atoms with Crippen molar-refractivity contribution in [2.24, 2.45) is 28.8 Å². The SMILES string of the molecule is Cc1cc(/C=N\N2C(=O)[C@H]3[C@H](C2=O)[C@H]2C=C[C@H]3CC2)c(C)n1-c1ccc(Cl)c(Cl)c1. The highest BCUT2D eigenvalue weighted by molar-refractivity contribution is 6.42. The summed E-state index contributed by atoms with van der Waals surface area (Å²) in [4.78, 5) is 25.9. The second kappa shape index (κ2) is 7.10. The molecule has 1 saturated heterocycles. The van der Waals surface area contributed by atoms with Gasteiger partial charge in [0, 0.05) is 22.6 Å². The van der Waals surface area contributed by atoms with Gasteiger partial charge in [-0.3, -0.25) is 9.59 Å². The van der Waals surface area contributed by atoms with E-state index < -0.39 is 0 Å². The summed E-state index contributed by atoms with van der Waals surface area (Å²) in [6.07, 6.45) is 7.78. The summed E-state index contributed by atoms with van der Waals surface area (Å²) in [5, 5.41) is 6.42. The highest BCUT2D eigenvalue weighted by Crippen LogP contribution is 2.49. The number of carbonyl (C=O) groups is 2. The van der Waals surface area contributed by atoms with Crippen LogP contribution in [0, 0.1) is 37.5 Å². The largest absolute Gasteiger partial charge is 0.318 e. The Kier molecular flexibility index (Phi) is 4.64. The van der Waals surface area contributed by atoms with E-state index in [1.165, 1.54) is 0 Å². The zero-order chi connectivity index (χ0) is 21.2. The number of hydrazone groups is 1. The molecule has 2 bridgehead atoms. The Bertz CT molecular complexity index is 1100. The fourth-order valence-electron chi connectivity index (χ4n) is 5.23. The minimum atomic E-state index is -0.248. The Labute approximate surface area is 184 Å². The number of halogens is 2. The molecule has 7 heteroatoms. The van der Waals surface area contributed by atoms with Crippen molar-refractivity contribution < 1.29 is 9.59 Å². The molecule has 0 radical (unpaired) electrons. The zero-order valence-corrected chi connectivity index (χ0v) is 18.2. The van der Waals surface area contributed by atoms with E-state index in [0.29, 0.717) is 10.0 Å². The number of amides is 2. The molecule has 1 aromatic carbocycles. The first kappa shape index (κ1) is 19.6. The number of hydrogen-bond acceptors (Lipinski definition) is 3. The fourth-order valence-corrected chi connectivity index (χ4v) is 5.52. The second-order valence-corrected chi connectivity index (χ2v) is 9.15. The Morgan fingerprint density at radius 3 is 2.17 bits per heavy atom. The number of aryl methyl sites for hydroxylation is 1. The first-order valence-electron chi connectivity index (χ1n) is 10.1. The van der Waals surface area contributed by atoms with E-state index in [0.717, 1.165) is 40.5 Å². The molecule has 0 unspecified atom stereocenters. The van der Waals surface area contributed by atoms with Crippen LogP contribution in [0.4, 0.5) is 0 Å². The van der Waals surface area contributed by atoms with E-state index in [-0.39, 0.29) is 35.5 Å². The van der Waals surface area contributed by atoms with Gasteiger partial charge in [-0.15, -0.1) is 0 Å². The molecule has 1 aliphatic heterocycles. The molecular weight excluding hydrogens is 421 g/mol. The number of aromatic nitrogens is 1. The van der Waals surface area contributed by atoms with E-state index in [4.69, 9.17) is 23.2 Å². The van der Waals surface area contributed by atoms with Crippen molar-refractivity contribution in [2.75, 3.05) is 0 Å². The predicted octanol–water partition coefficient (Wildman–Crippen LogP) is 4.93. The molecule has 154 valence electrons. The maximum absolute atomic E-state index is 12.9. The van der Waals surface area contributed by atoms with Gasteiger partial charge in [0.1, 0.15) is 0 Å². The van der Waals surface area contributed by atoms with Crippen LogP contribution >= 0.6 is 23.2 Å². The normalized spacial score (nSPS) is 27.5. The summed E-state index contributed by atoms with van der Waals surface area (Å²) in [6, 6.07) is 7.45. The van der Waals surface area contributed by atoms with Crippen molar-refractivity contribution in [1.29, 1.82) is 0 Å². The molecule has 2 heterocycles. The molecular formula is C23H21Cl2N3O2. The lowest BCUT2D eigenvalue weighted by molar-refractivity contribution is -0.140. The maximum Gasteiger partial charge on any atom is 0.254 e. The third-order valence-corrected chi connectivity index (χ3v) is 7.42. The van der Waals surface area contributed by atoms with E-state index in [9.17, 15) is 9.59 Å². The maximum atomic E-state index is 12.9. The number of fused-ring (bicyclic) bond motifs is 1. The smallest absolute Gasteiger partial charge is 0.254 e. The van der Waals surface area contributed by atoms with Crippen molar-refractivity contribution in [1.82, 2.24) is 9.58 Å². The number of carbonyl (C=O) groups excluding carboxylic acids is 2. The highest BCUT2D eigenvalue weighted by atomic mass is 35.5. The third-order valence-electron chi connectivity index (χ3n) is 6.68. The zero-order valence-electron chi connectivity index (χ0n) is 16.7. The standard InChI is InChI=1S/C23H21Cl2N3O2/c1-12-9-16(13(2)27(12)17-7-8-18(24)19(25)10-17)11-26-28-22(29)20-14-3-4-15(6-5-14)21(20)23(28)30/h3-4,7-11,14-15,20-21H,5-6H2,1-2H3/b26-11-/t14-,15-,20+,21+/m0/s1. The second-order valence-electron chi connectivity index (χ2n) is 8.33. The Hall–Kier alpha value is -2.37. The molecule has 3 aliphatic carbocycles. The first-order valence-corrected chi connectivity index (χ1v) is 10.9. The third kappa shape index (κ3) is 2.87. The topological polar surface area (TPSA) is 54.7 Å². The lowest BCUT2D eigenvalue weighted by Gasteiger charge is -2.37. The Balaban J connectivity index is 1.45. The lowest BCUT2D eigenvalue weighted by atomic mass is 9.63. The van der Waals surface area contributed by atoms with Crippen molar-refractivity contribution in [3.05, 3.63) is 63.4 Å². The van der Waals surface area contributed by atoms with Crippen LogP contribution in [0.2, 0.25) is 10.0 Å². The van der Waals surface area contributed by atoms with Gasteiger partial charge in [-0.25, -0.2) is 0 Å². The number of benzene rings is 1. The van der Waals surface area contributed by atoms with Crippen LogP contribution in [-0.2, 0) is 9.59 Å². The number of imide groups is 1. The molecule has 4 atom stereocenters. The average molecular weight is 442 g/mol. The highest BCUT2D eigenvalue weighted by Gasteiger charge is 2.56. The van der Waals surface area contributed by atoms with Gasteiger partial charge in [0.25, 0.3) is 11.8 Å². The van der Waals surface area contributed by atoms with Crippen LogP contribution in [0.1, 0.15) is 29.8 Å². The van der Waals surface area contributed by atoms with Gasteiger partial charge in [-0.2, -0.15) is 10.1 Å². The molecule has 2 amide bonds. The summed E-state index contributed by atoms with van der Waals surface area (Å²) in [5.74, 6) is -0.506. The van der Waals surface area contributed by atoms with E-state index in [2.05, 4.69) is 17.3 Å². The molecule has 5 nitrogen and oxygen atoms in total. The molecule has 30 heavy (non-hydrogen) atoms. The van der Waals surface area contributed by atoms with E-state index in [1.54, 1.807) is 12.3 Å². The molecule has 0 spiro atoms. The van der Waals surface area contributed by atoms with Gasteiger partial charge in [0.05, 0.1) is 28.1 Å². The number of hydrogen-bond donors (Lipinski definition) is 0. The molecule has 6 rings (SSSR count). The van der Waals surface area contributed by atoms with Crippen LogP contribution in [-0.4, -0.2) is 27.6 Å². The van der Waals surface area contributed by atoms with Gasteiger partial charge in [-0.05, 0) is 62.8 Å². The van der Waals surface area contributed by atoms with Gasteiger partial charge >= 0.3 is 0 Å².